The first-order valence-electron chi connectivity index (χ1n) is 12.4. The average molecular weight is 471 g/mol. The van der Waals surface area contributed by atoms with Crippen LogP contribution in [0, 0.1) is 11.3 Å². The fourth-order valence-electron chi connectivity index (χ4n) is 6.25. The van der Waals surface area contributed by atoms with Crippen molar-refractivity contribution in [2.24, 2.45) is 11.3 Å². The number of hydrogen-bond acceptors (Lipinski definition) is 4. The maximum Gasteiger partial charge on any atom is 0.410 e. The minimum absolute atomic E-state index is 0.164. The summed E-state index contributed by atoms with van der Waals surface area (Å²) in [5.41, 5.74) is 2.45. The topological polar surface area (TPSA) is 60.2 Å². The van der Waals surface area contributed by atoms with Crippen molar-refractivity contribution in [1.82, 2.24) is 19.4 Å². The molecule has 0 bridgehead atoms. The predicted molar refractivity (Wildman–Crippen MR) is 130 cm³/mol. The van der Waals surface area contributed by atoms with Gasteiger partial charge in [0.2, 0.25) is 0 Å². The normalized spacial score (nSPS) is 25.1. The second-order valence-corrected chi connectivity index (χ2v) is 11.5. The first-order valence-corrected chi connectivity index (χ1v) is 12.8. The maximum atomic E-state index is 12.5. The number of aromatic nitrogens is 3. The lowest BCUT2D eigenvalue weighted by molar-refractivity contribution is 0.0131. The molecule has 3 aliphatic rings. The largest absolute Gasteiger partial charge is 0.444 e. The number of halogens is 1. The van der Waals surface area contributed by atoms with Gasteiger partial charge < -0.3 is 14.2 Å². The lowest BCUT2D eigenvalue weighted by Crippen LogP contribution is -2.45. The van der Waals surface area contributed by atoms with Gasteiger partial charge in [-0.1, -0.05) is 23.3 Å². The average Bonchev–Trinajstić information content (AvgIpc) is 3.48. The minimum atomic E-state index is -0.438. The number of nitrogens with zero attached hydrogens (tertiary/aromatic N) is 4. The Morgan fingerprint density at radius 2 is 2.00 bits per heavy atom. The van der Waals surface area contributed by atoms with Gasteiger partial charge in [0.15, 0.2) is 0 Å². The number of carbonyl (C=O) groups is 1. The lowest BCUT2D eigenvalue weighted by atomic mass is 9.70. The van der Waals surface area contributed by atoms with Gasteiger partial charge >= 0.3 is 6.09 Å². The number of fused-ring (bicyclic) bond motifs is 1. The number of carbonyl (C=O) groups excluding carboxylic acids is 1. The molecule has 1 saturated heterocycles. The van der Waals surface area contributed by atoms with Gasteiger partial charge in [-0.05, 0) is 89.5 Å². The van der Waals surface area contributed by atoms with E-state index in [1.54, 1.807) is 11.9 Å². The van der Waals surface area contributed by atoms with E-state index in [-0.39, 0.29) is 11.5 Å². The van der Waals surface area contributed by atoms with E-state index in [0.29, 0.717) is 17.1 Å². The third-order valence-electron chi connectivity index (χ3n) is 7.94. The summed E-state index contributed by atoms with van der Waals surface area (Å²) in [6, 6.07) is 2.52. The molecule has 1 aliphatic heterocycles. The van der Waals surface area contributed by atoms with Crippen LogP contribution in [0.4, 0.5) is 4.79 Å². The molecule has 3 heterocycles. The molecule has 0 N–H and O–H groups in total. The molecule has 5 rings (SSSR count). The second-order valence-electron chi connectivity index (χ2n) is 11.2. The highest BCUT2D eigenvalue weighted by Gasteiger charge is 2.42. The fraction of sp³-hybridized carbons (Fsp3) is 0.654. The van der Waals surface area contributed by atoms with Crippen LogP contribution in [-0.4, -0.2) is 44.2 Å². The van der Waals surface area contributed by atoms with Crippen molar-refractivity contribution in [2.75, 3.05) is 13.1 Å². The zero-order valence-electron chi connectivity index (χ0n) is 20.0. The zero-order chi connectivity index (χ0) is 23.2. The number of allylic oxidation sites excluding steroid dienone is 2. The molecule has 2 atom stereocenters. The number of likely N-dealkylation sites (tertiary alicyclic amines) is 1. The van der Waals surface area contributed by atoms with Gasteiger partial charge in [0.25, 0.3) is 0 Å². The molecule has 2 unspecified atom stereocenters. The summed E-state index contributed by atoms with van der Waals surface area (Å²) in [4.78, 5) is 23.0. The van der Waals surface area contributed by atoms with Crippen molar-refractivity contribution < 1.29 is 9.53 Å². The van der Waals surface area contributed by atoms with Crippen molar-refractivity contribution in [3.05, 3.63) is 35.4 Å². The molecule has 178 valence electrons. The number of ether oxygens (including phenoxy) is 1. The van der Waals surface area contributed by atoms with Crippen LogP contribution in [0.15, 0.2) is 30.2 Å². The number of amides is 1. The monoisotopic (exact) mass is 470 g/mol. The fourth-order valence-corrected chi connectivity index (χ4v) is 6.44. The number of hydrogen-bond donors (Lipinski definition) is 0. The second kappa shape index (κ2) is 8.61. The van der Waals surface area contributed by atoms with Crippen LogP contribution in [0.3, 0.4) is 0 Å². The summed E-state index contributed by atoms with van der Waals surface area (Å²) in [7, 11) is 0. The lowest BCUT2D eigenvalue weighted by Gasteiger charge is -2.42. The molecule has 1 amide bonds. The highest BCUT2D eigenvalue weighted by atomic mass is 35.5. The van der Waals surface area contributed by atoms with Gasteiger partial charge in [-0.15, -0.1) is 0 Å². The van der Waals surface area contributed by atoms with Gasteiger partial charge in [-0.25, -0.2) is 14.8 Å². The van der Waals surface area contributed by atoms with Crippen LogP contribution in [-0.2, 0) is 4.74 Å². The third kappa shape index (κ3) is 4.51. The van der Waals surface area contributed by atoms with Gasteiger partial charge in [-0.3, -0.25) is 0 Å². The maximum absolute atomic E-state index is 12.5. The van der Waals surface area contributed by atoms with Crippen LogP contribution in [0.5, 0.6) is 0 Å². The molecule has 33 heavy (non-hydrogen) atoms. The van der Waals surface area contributed by atoms with Crippen LogP contribution in [0.1, 0.15) is 78.2 Å². The third-order valence-corrected chi connectivity index (χ3v) is 8.24. The van der Waals surface area contributed by atoms with Crippen molar-refractivity contribution in [1.29, 1.82) is 0 Å². The first kappa shape index (κ1) is 22.7. The molecule has 0 radical (unpaired) electrons. The van der Waals surface area contributed by atoms with E-state index in [0.717, 1.165) is 37.0 Å². The van der Waals surface area contributed by atoms with Gasteiger partial charge in [0.05, 0.1) is 5.39 Å². The molecule has 6 nitrogen and oxygen atoms in total. The summed E-state index contributed by atoms with van der Waals surface area (Å²) >= 11 is 6.26. The molecule has 0 aromatic carbocycles. The Kier molecular flexibility index (Phi) is 5.92. The molecule has 7 heteroatoms. The Morgan fingerprint density at radius 1 is 1.21 bits per heavy atom. The molecular formula is C26H35ClN4O2. The van der Waals surface area contributed by atoms with E-state index >= 15 is 0 Å². The predicted octanol–water partition coefficient (Wildman–Crippen LogP) is 6.55. The van der Waals surface area contributed by atoms with Crippen LogP contribution in [0.2, 0.25) is 5.15 Å². The summed E-state index contributed by atoms with van der Waals surface area (Å²) in [5, 5.41) is 1.47. The van der Waals surface area contributed by atoms with Gasteiger partial charge in [0, 0.05) is 25.3 Å². The van der Waals surface area contributed by atoms with Gasteiger partial charge in [-0.2, -0.15) is 0 Å². The Hall–Kier alpha value is -2.08. The summed E-state index contributed by atoms with van der Waals surface area (Å²) in [6.45, 7) is 7.40. The molecule has 2 aliphatic carbocycles. The highest BCUT2D eigenvalue weighted by Crippen LogP contribution is 2.51. The molecule has 2 aromatic heterocycles. The van der Waals surface area contributed by atoms with Crippen molar-refractivity contribution >= 4 is 28.7 Å². The van der Waals surface area contributed by atoms with Crippen molar-refractivity contribution in [2.45, 2.75) is 83.8 Å². The highest BCUT2D eigenvalue weighted by molar-refractivity contribution is 6.33. The summed E-state index contributed by atoms with van der Waals surface area (Å²) in [5.74, 6) is 0.704. The smallest absolute Gasteiger partial charge is 0.410 e. The molecular weight excluding hydrogens is 436 g/mol. The van der Waals surface area contributed by atoms with E-state index in [9.17, 15) is 4.79 Å². The van der Waals surface area contributed by atoms with E-state index in [4.69, 9.17) is 16.3 Å². The van der Waals surface area contributed by atoms with Crippen molar-refractivity contribution in [3.8, 4) is 0 Å². The Morgan fingerprint density at radius 3 is 2.76 bits per heavy atom. The van der Waals surface area contributed by atoms with E-state index in [2.05, 4.69) is 26.8 Å². The number of piperidine rings is 1. The Bertz CT molecular complexity index is 1060. The first-order chi connectivity index (χ1) is 15.7. The molecule has 1 spiro atoms. The van der Waals surface area contributed by atoms with Crippen LogP contribution < -0.4 is 0 Å². The summed E-state index contributed by atoms with van der Waals surface area (Å²) < 4.78 is 7.91. The van der Waals surface area contributed by atoms with Gasteiger partial charge in [0.1, 0.15) is 22.7 Å². The Labute approximate surface area is 201 Å². The minimum Gasteiger partial charge on any atom is -0.444 e. The van der Waals surface area contributed by atoms with E-state index in [1.165, 1.54) is 38.5 Å². The quantitative estimate of drug-likeness (QED) is 0.376. The van der Waals surface area contributed by atoms with Crippen LogP contribution >= 0.6 is 11.6 Å². The standard InChI is InChI=1S/C26H35ClN4O2/c1-25(2,3)33-24(32)30-13-10-26(11-14-30)9-4-5-19(26)15-18-6-7-20(16-18)31-12-8-21-22(27)28-17-29-23(21)31/h5,8,12,17-18,20H,4,6-7,9-11,13-16H2,1-3H3. The molecule has 1 saturated carbocycles. The molecule has 2 aromatic rings. The summed E-state index contributed by atoms with van der Waals surface area (Å²) in [6.07, 6.45) is 15.4. The zero-order valence-corrected chi connectivity index (χ0v) is 20.8. The molecule has 2 fully saturated rings. The SMILES string of the molecule is CC(C)(C)OC(=O)N1CCC2(CCC=C2CC2CCC(n3ccc4c(Cl)ncnc43)C2)CC1. The van der Waals surface area contributed by atoms with Crippen molar-refractivity contribution in [3.63, 3.8) is 0 Å². The van der Waals surface area contributed by atoms with Crippen LogP contribution in [0.25, 0.3) is 11.0 Å². The Balaban J connectivity index is 1.21. The number of rotatable bonds is 3. The van der Waals surface area contributed by atoms with E-state index < -0.39 is 5.60 Å². The van der Waals surface area contributed by atoms with E-state index in [1.807, 2.05) is 31.7 Å².